The maximum Gasteiger partial charge on any atom is 0.0682 e. The number of nitrogens with zero attached hydrogens (tertiary/aromatic N) is 3. The first-order valence-electron chi connectivity index (χ1n) is 4.08. The van der Waals surface area contributed by atoms with E-state index in [2.05, 4.69) is 36.3 Å². The minimum absolute atomic E-state index is 0.490. The molecule has 0 fully saturated rings. The highest BCUT2D eigenvalue weighted by Crippen LogP contribution is 2.15. The summed E-state index contributed by atoms with van der Waals surface area (Å²) in [6, 6.07) is 6.11. The quantitative estimate of drug-likeness (QED) is 0.639. The Labute approximate surface area is 71.0 Å². The van der Waals surface area contributed by atoms with Gasteiger partial charge in [-0.25, -0.2) is 4.52 Å². The molecule has 0 aliphatic heterocycles. The smallest absolute Gasteiger partial charge is 0.0682 e. The summed E-state index contributed by atoms with van der Waals surface area (Å²) >= 11 is 0. The van der Waals surface area contributed by atoms with E-state index in [1.807, 2.05) is 10.6 Å². The van der Waals surface area contributed by atoms with Crippen LogP contribution in [0.3, 0.4) is 0 Å². The van der Waals surface area contributed by atoms with Gasteiger partial charge in [-0.15, -0.1) is 5.10 Å². The SMILES string of the molecule is CC(C)c1ccc2ccnnn12. The zero-order valence-electron chi connectivity index (χ0n) is 7.23. The molecule has 2 rings (SSSR count). The van der Waals surface area contributed by atoms with Gasteiger partial charge >= 0.3 is 0 Å². The first kappa shape index (κ1) is 7.28. The van der Waals surface area contributed by atoms with Crippen LogP contribution in [0.15, 0.2) is 24.4 Å². The summed E-state index contributed by atoms with van der Waals surface area (Å²) in [5.41, 5.74) is 2.31. The second-order valence-electron chi connectivity index (χ2n) is 3.17. The van der Waals surface area contributed by atoms with Crippen molar-refractivity contribution < 1.29 is 0 Å². The number of fused-ring (bicyclic) bond motifs is 1. The number of rotatable bonds is 1. The fourth-order valence-corrected chi connectivity index (χ4v) is 1.32. The van der Waals surface area contributed by atoms with Crippen LogP contribution < -0.4 is 0 Å². The van der Waals surface area contributed by atoms with Crippen LogP contribution in [-0.2, 0) is 0 Å². The van der Waals surface area contributed by atoms with Crippen LogP contribution in [0.2, 0.25) is 0 Å². The Balaban J connectivity index is 2.70. The average molecular weight is 161 g/mol. The molecule has 3 nitrogen and oxygen atoms in total. The molecule has 0 saturated heterocycles. The van der Waals surface area contributed by atoms with E-state index in [1.165, 1.54) is 5.69 Å². The van der Waals surface area contributed by atoms with Gasteiger partial charge in [0, 0.05) is 5.69 Å². The minimum atomic E-state index is 0.490. The summed E-state index contributed by atoms with van der Waals surface area (Å²) in [5, 5.41) is 7.87. The van der Waals surface area contributed by atoms with Gasteiger partial charge in [0.05, 0.1) is 11.7 Å². The molecule has 12 heavy (non-hydrogen) atoms. The van der Waals surface area contributed by atoms with Gasteiger partial charge in [-0.1, -0.05) is 19.1 Å². The minimum Gasteiger partial charge on any atom is -0.219 e. The van der Waals surface area contributed by atoms with Gasteiger partial charge in [-0.05, 0) is 24.1 Å². The lowest BCUT2D eigenvalue weighted by Crippen LogP contribution is -1.99. The molecule has 0 N–H and O–H groups in total. The zero-order valence-corrected chi connectivity index (χ0v) is 7.23. The largest absolute Gasteiger partial charge is 0.219 e. The Morgan fingerprint density at radius 2 is 2.08 bits per heavy atom. The number of aromatic nitrogens is 3. The van der Waals surface area contributed by atoms with E-state index in [1.54, 1.807) is 6.20 Å². The van der Waals surface area contributed by atoms with Crippen molar-refractivity contribution in [3.8, 4) is 0 Å². The van der Waals surface area contributed by atoms with Gasteiger partial charge in [0.1, 0.15) is 0 Å². The fourth-order valence-electron chi connectivity index (χ4n) is 1.32. The van der Waals surface area contributed by atoms with Crippen LogP contribution in [0.5, 0.6) is 0 Å². The van der Waals surface area contributed by atoms with E-state index in [-0.39, 0.29) is 0 Å². The summed E-state index contributed by atoms with van der Waals surface area (Å²) in [7, 11) is 0. The molecule has 0 saturated carbocycles. The molecular formula is C9H11N3. The Kier molecular flexibility index (Phi) is 1.57. The average Bonchev–Trinajstić information content (AvgIpc) is 2.47. The first-order valence-corrected chi connectivity index (χ1v) is 4.08. The van der Waals surface area contributed by atoms with Gasteiger partial charge in [0.2, 0.25) is 0 Å². The van der Waals surface area contributed by atoms with Crippen LogP contribution in [0.25, 0.3) is 5.52 Å². The van der Waals surface area contributed by atoms with Crippen LogP contribution in [0.1, 0.15) is 25.5 Å². The highest BCUT2D eigenvalue weighted by atomic mass is 15.4. The Bertz CT molecular complexity index is 389. The third-order valence-corrected chi connectivity index (χ3v) is 1.96. The molecule has 62 valence electrons. The lowest BCUT2D eigenvalue weighted by atomic mass is 10.1. The molecule has 0 atom stereocenters. The molecule has 0 aliphatic carbocycles. The van der Waals surface area contributed by atoms with Crippen molar-refractivity contribution in [2.75, 3.05) is 0 Å². The van der Waals surface area contributed by atoms with Gasteiger partial charge < -0.3 is 0 Å². The maximum absolute atomic E-state index is 4.03. The molecule has 2 heterocycles. The van der Waals surface area contributed by atoms with Crippen molar-refractivity contribution in [1.29, 1.82) is 0 Å². The molecule has 0 amide bonds. The van der Waals surface area contributed by atoms with Crippen molar-refractivity contribution >= 4 is 5.52 Å². The topological polar surface area (TPSA) is 30.2 Å². The summed E-state index contributed by atoms with van der Waals surface area (Å²) in [4.78, 5) is 0. The molecule has 2 aromatic rings. The fraction of sp³-hybridized carbons (Fsp3) is 0.333. The second kappa shape index (κ2) is 2.59. The molecule has 0 radical (unpaired) electrons. The third-order valence-electron chi connectivity index (χ3n) is 1.96. The number of hydrogen-bond acceptors (Lipinski definition) is 2. The Hall–Kier alpha value is -1.38. The van der Waals surface area contributed by atoms with E-state index in [9.17, 15) is 0 Å². The molecule has 0 bridgehead atoms. The van der Waals surface area contributed by atoms with E-state index in [4.69, 9.17) is 0 Å². The standard InChI is InChI=1S/C9H11N3/c1-7(2)9-4-3-8-5-6-10-11-12(8)9/h3-7H,1-2H3. The first-order chi connectivity index (χ1) is 5.79. The maximum atomic E-state index is 4.03. The van der Waals surface area contributed by atoms with Crippen LogP contribution in [0.4, 0.5) is 0 Å². The van der Waals surface area contributed by atoms with Crippen molar-refractivity contribution in [2.45, 2.75) is 19.8 Å². The molecule has 2 aromatic heterocycles. The van der Waals surface area contributed by atoms with Crippen LogP contribution in [-0.4, -0.2) is 14.8 Å². The van der Waals surface area contributed by atoms with E-state index < -0.39 is 0 Å². The van der Waals surface area contributed by atoms with Gasteiger partial charge in [-0.2, -0.15) is 0 Å². The van der Waals surface area contributed by atoms with Crippen LogP contribution in [0, 0.1) is 0 Å². The second-order valence-corrected chi connectivity index (χ2v) is 3.17. The van der Waals surface area contributed by atoms with Crippen molar-refractivity contribution in [3.05, 3.63) is 30.1 Å². The molecule has 0 unspecified atom stereocenters. The lowest BCUT2D eigenvalue weighted by Gasteiger charge is -2.02. The van der Waals surface area contributed by atoms with Crippen molar-refractivity contribution in [1.82, 2.24) is 14.8 Å². The molecule has 0 aliphatic rings. The summed E-state index contributed by atoms with van der Waals surface area (Å²) in [6.45, 7) is 4.30. The van der Waals surface area contributed by atoms with Gasteiger partial charge in [0.15, 0.2) is 0 Å². The summed E-state index contributed by atoms with van der Waals surface area (Å²) in [6.07, 6.45) is 1.71. The third kappa shape index (κ3) is 0.978. The summed E-state index contributed by atoms with van der Waals surface area (Å²) in [5.74, 6) is 0.490. The highest BCUT2D eigenvalue weighted by Gasteiger charge is 2.05. The zero-order chi connectivity index (χ0) is 8.55. The molecular weight excluding hydrogens is 150 g/mol. The Morgan fingerprint density at radius 3 is 2.83 bits per heavy atom. The normalized spacial score (nSPS) is 11.2. The molecule has 3 heteroatoms. The van der Waals surface area contributed by atoms with Crippen LogP contribution >= 0.6 is 0 Å². The summed E-state index contributed by atoms with van der Waals surface area (Å²) < 4.78 is 1.88. The van der Waals surface area contributed by atoms with Crippen molar-refractivity contribution in [2.24, 2.45) is 0 Å². The van der Waals surface area contributed by atoms with Gasteiger partial charge in [0.25, 0.3) is 0 Å². The molecule has 0 aromatic carbocycles. The Morgan fingerprint density at radius 1 is 1.25 bits per heavy atom. The monoisotopic (exact) mass is 161 g/mol. The van der Waals surface area contributed by atoms with E-state index in [0.717, 1.165) is 5.52 Å². The van der Waals surface area contributed by atoms with Gasteiger partial charge in [-0.3, -0.25) is 0 Å². The van der Waals surface area contributed by atoms with E-state index >= 15 is 0 Å². The van der Waals surface area contributed by atoms with Crippen molar-refractivity contribution in [3.63, 3.8) is 0 Å². The number of hydrogen-bond donors (Lipinski definition) is 0. The molecule has 0 spiro atoms. The predicted molar refractivity (Wildman–Crippen MR) is 47.1 cm³/mol. The highest BCUT2D eigenvalue weighted by molar-refractivity contribution is 5.47. The van der Waals surface area contributed by atoms with E-state index in [0.29, 0.717) is 5.92 Å². The lowest BCUT2D eigenvalue weighted by molar-refractivity contribution is 0.715. The predicted octanol–water partition coefficient (Wildman–Crippen LogP) is 1.85.